The first kappa shape index (κ1) is 14.6. The van der Waals surface area contributed by atoms with Gasteiger partial charge in [0.1, 0.15) is 11.9 Å². The van der Waals surface area contributed by atoms with E-state index < -0.39 is 21.6 Å². The fraction of sp³-hybridized carbons (Fsp3) is 0. The molecule has 1 N–H and O–H groups in total. The molecule has 0 aliphatic heterocycles. The Morgan fingerprint density at radius 3 is 2.20 bits per heavy atom. The fourth-order valence-electron chi connectivity index (χ4n) is 1.51. The lowest BCUT2D eigenvalue weighted by molar-refractivity contribution is -0.386. The van der Waals surface area contributed by atoms with Gasteiger partial charge in [0.25, 0.3) is 0 Å². The molecule has 1 aromatic heterocycles. The molecule has 1 aromatic carbocycles. The van der Waals surface area contributed by atoms with Crippen LogP contribution in [0.15, 0.2) is 27.9 Å². The summed E-state index contributed by atoms with van der Waals surface area (Å²) in [4.78, 5) is 33.0. The number of rotatable bonds is 2. The summed E-state index contributed by atoms with van der Waals surface area (Å²) in [6.07, 6.45) is 0.783. The number of hydrogen-bond acceptors (Lipinski definition) is 4. The average molecular weight is 337 g/mol. The quantitative estimate of drug-likeness (QED) is 0.517. The number of hydrogen-bond donors (Lipinski definition) is 1. The van der Waals surface area contributed by atoms with Crippen LogP contribution in [-0.4, -0.2) is 14.7 Å². The van der Waals surface area contributed by atoms with Gasteiger partial charge in [0.05, 0.1) is 15.0 Å². The highest BCUT2D eigenvalue weighted by molar-refractivity contribution is 6.40. The van der Waals surface area contributed by atoms with Gasteiger partial charge in [0.2, 0.25) is 0 Å². The molecule has 1 heterocycles. The van der Waals surface area contributed by atoms with Gasteiger partial charge in [0, 0.05) is 5.02 Å². The Hall–Kier alpha value is -1.83. The topological polar surface area (TPSA) is 98.0 Å². The van der Waals surface area contributed by atoms with Crippen molar-refractivity contribution in [3.8, 4) is 5.69 Å². The molecule has 0 unspecified atom stereocenters. The van der Waals surface area contributed by atoms with Crippen molar-refractivity contribution < 1.29 is 4.92 Å². The van der Waals surface area contributed by atoms with Gasteiger partial charge < -0.3 is 0 Å². The predicted molar refractivity (Wildman–Crippen MR) is 74.3 cm³/mol. The second-order valence-corrected chi connectivity index (χ2v) is 4.85. The van der Waals surface area contributed by atoms with Gasteiger partial charge in [-0.3, -0.25) is 24.8 Å². The summed E-state index contributed by atoms with van der Waals surface area (Å²) >= 11 is 17.6. The highest BCUT2D eigenvalue weighted by Gasteiger charge is 2.20. The summed E-state index contributed by atoms with van der Waals surface area (Å²) in [6, 6.07) is 2.63. The van der Waals surface area contributed by atoms with E-state index >= 15 is 0 Å². The average Bonchev–Trinajstić information content (AvgIpc) is 2.32. The van der Waals surface area contributed by atoms with Crippen LogP contribution in [0.25, 0.3) is 5.69 Å². The third-order valence-corrected chi connectivity index (χ3v) is 3.16. The van der Waals surface area contributed by atoms with Crippen LogP contribution in [0.1, 0.15) is 0 Å². The van der Waals surface area contributed by atoms with Gasteiger partial charge in [0.15, 0.2) is 0 Å². The Bertz CT molecular complexity index is 804. The molecule has 2 rings (SSSR count). The smallest absolute Gasteiger partial charge is 0.291 e. The summed E-state index contributed by atoms with van der Waals surface area (Å²) in [7, 11) is 0. The second kappa shape index (κ2) is 5.28. The van der Waals surface area contributed by atoms with Crippen LogP contribution in [-0.2, 0) is 0 Å². The lowest BCUT2D eigenvalue weighted by Gasteiger charge is -2.09. The number of halogens is 3. The number of nitrogens with zero attached hydrogens (tertiary/aromatic N) is 2. The van der Waals surface area contributed by atoms with Crippen LogP contribution in [0.2, 0.25) is 15.1 Å². The molecule has 2 aromatic rings. The zero-order valence-corrected chi connectivity index (χ0v) is 11.7. The van der Waals surface area contributed by atoms with Crippen molar-refractivity contribution in [3.05, 3.63) is 64.1 Å². The number of aromatic nitrogens is 2. The molecule has 0 saturated heterocycles. The van der Waals surface area contributed by atoms with E-state index in [4.69, 9.17) is 34.8 Å². The molecule has 0 bridgehead atoms. The highest BCUT2D eigenvalue weighted by Crippen LogP contribution is 2.30. The largest absolute Gasteiger partial charge is 0.339 e. The van der Waals surface area contributed by atoms with Crippen LogP contribution in [0.4, 0.5) is 5.69 Å². The Morgan fingerprint density at radius 2 is 1.70 bits per heavy atom. The fourth-order valence-corrected chi connectivity index (χ4v) is 2.50. The summed E-state index contributed by atoms with van der Waals surface area (Å²) in [5.41, 5.74) is -3.34. The minimum absolute atomic E-state index is 0.00843. The molecule has 0 spiro atoms. The Labute approximate surface area is 125 Å². The summed E-state index contributed by atoms with van der Waals surface area (Å²) in [5, 5.41) is 13.1. The van der Waals surface area contributed by atoms with Crippen molar-refractivity contribution in [1.29, 1.82) is 0 Å². The van der Waals surface area contributed by atoms with E-state index in [1.807, 2.05) is 0 Å². The first-order valence-electron chi connectivity index (χ1n) is 4.97. The summed E-state index contributed by atoms with van der Waals surface area (Å²) < 4.78 is 0.719. The molecule has 104 valence electrons. The van der Waals surface area contributed by atoms with Gasteiger partial charge in [-0.1, -0.05) is 34.8 Å². The maximum absolute atomic E-state index is 11.8. The first-order chi connectivity index (χ1) is 9.32. The molecule has 0 amide bonds. The molecule has 0 atom stereocenters. The van der Waals surface area contributed by atoms with Gasteiger partial charge in [-0.15, -0.1) is 0 Å². The Morgan fingerprint density at radius 1 is 1.15 bits per heavy atom. The molecule has 0 radical (unpaired) electrons. The maximum Gasteiger partial charge on any atom is 0.339 e. The van der Waals surface area contributed by atoms with Crippen molar-refractivity contribution in [3.63, 3.8) is 0 Å². The second-order valence-electron chi connectivity index (χ2n) is 3.60. The van der Waals surface area contributed by atoms with Crippen LogP contribution >= 0.6 is 34.8 Å². The molecule has 10 heteroatoms. The van der Waals surface area contributed by atoms with E-state index in [0.29, 0.717) is 0 Å². The normalized spacial score (nSPS) is 10.6. The molecule has 0 saturated carbocycles. The number of benzene rings is 1. The molecule has 0 aliphatic carbocycles. The van der Waals surface area contributed by atoms with Gasteiger partial charge in [-0.05, 0) is 12.1 Å². The lowest BCUT2D eigenvalue weighted by atomic mass is 10.3. The minimum Gasteiger partial charge on any atom is -0.291 e. The minimum atomic E-state index is -1.28. The third-order valence-electron chi connectivity index (χ3n) is 2.36. The van der Waals surface area contributed by atoms with Crippen molar-refractivity contribution in [2.45, 2.75) is 0 Å². The number of nitrogens with one attached hydrogen (secondary N) is 1. The van der Waals surface area contributed by atoms with Crippen LogP contribution in [0.3, 0.4) is 0 Å². The predicted octanol–water partition coefficient (Wildman–Crippen LogP) is 2.39. The van der Waals surface area contributed by atoms with Gasteiger partial charge in [-0.2, -0.15) is 0 Å². The number of aromatic amines is 1. The van der Waals surface area contributed by atoms with E-state index in [1.54, 1.807) is 0 Å². The maximum atomic E-state index is 11.8. The molecular weight excluding hydrogens is 332 g/mol. The van der Waals surface area contributed by atoms with Gasteiger partial charge >= 0.3 is 16.7 Å². The molecule has 0 fully saturated rings. The van der Waals surface area contributed by atoms with Crippen molar-refractivity contribution in [1.82, 2.24) is 9.78 Å². The van der Waals surface area contributed by atoms with Crippen molar-refractivity contribution in [2.75, 3.05) is 0 Å². The van der Waals surface area contributed by atoms with Crippen molar-refractivity contribution >= 4 is 40.5 Å². The summed E-state index contributed by atoms with van der Waals surface area (Å²) in [6.45, 7) is 0. The van der Waals surface area contributed by atoms with Crippen molar-refractivity contribution in [2.24, 2.45) is 0 Å². The zero-order valence-electron chi connectivity index (χ0n) is 9.39. The first-order valence-corrected chi connectivity index (χ1v) is 6.10. The SMILES string of the molecule is O=c1c([N+](=O)[O-])c[nH]n(-c2c(Cl)cc(Cl)cc2Cl)c1=O. The third kappa shape index (κ3) is 2.43. The van der Waals surface area contributed by atoms with E-state index in [0.717, 1.165) is 10.9 Å². The van der Waals surface area contributed by atoms with Crippen LogP contribution < -0.4 is 11.0 Å². The summed E-state index contributed by atoms with van der Waals surface area (Å²) in [5.74, 6) is 0. The monoisotopic (exact) mass is 335 g/mol. The zero-order chi connectivity index (χ0) is 15.0. The number of H-pyrrole nitrogens is 1. The van der Waals surface area contributed by atoms with E-state index in [1.165, 1.54) is 12.1 Å². The standard InChI is InChI=1S/C10H4Cl3N3O4/c11-4-1-5(12)8(6(13)2-4)15-10(18)9(17)7(3-14-15)16(19)20/h1-3,14H. The van der Waals surface area contributed by atoms with Gasteiger partial charge in [-0.25, -0.2) is 4.68 Å². The molecule has 0 aliphatic rings. The molecule has 20 heavy (non-hydrogen) atoms. The Kier molecular flexibility index (Phi) is 3.85. The molecule has 7 nitrogen and oxygen atoms in total. The van der Waals surface area contributed by atoms with E-state index in [-0.39, 0.29) is 20.8 Å². The lowest BCUT2D eigenvalue weighted by Crippen LogP contribution is -2.36. The van der Waals surface area contributed by atoms with Crippen LogP contribution in [0, 0.1) is 10.1 Å². The molecular formula is C10H4Cl3N3O4. The highest BCUT2D eigenvalue weighted by atomic mass is 35.5. The van der Waals surface area contributed by atoms with E-state index in [9.17, 15) is 19.7 Å². The Balaban J connectivity index is 2.80. The van der Waals surface area contributed by atoms with Crippen LogP contribution in [0.5, 0.6) is 0 Å². The number of nitro groups is 1. The van der Waals surface area contributed by atoms with E-state index in [2.05, 4.69) is 5.10 Å².